The summed E-state index contributed by atoms with van der Waals surface area (Å²) in [7, 11) is 0. The van der Waals surface area contributed by atoms with Crippen LogP contribution in [0.2, 0.25) is 0 Å². The predicted molar refractivity (Wildman–Crippen MR) is 77.2 cm³/mol. The molecule has 2 aromatic heterocycles. The van der Waals surface area contributed by atoms with E-state index in [1.54, 1.807) is 19.1 Å². The van der Waals surface area contributed by atoms with Gasteiger partial charge in [0.05, 0.1) is 11.8 Å². The molecule has 0 aliphatic heterocycles. The van der Waals surface area contributed by atoms with Crippen LogP contribution in [0.15, 0.2) is 33.3 Å². The van der Waals surface area contributed by atoms with Crippen molar-refractivity contribution in [3.8, 4) is 0 Å². The van der Waals surface area contributed by atoms with E-state index < -0.39 is 0 Å². The molecule has 118 valence electrons. The normalized spacial score (nSPS) is 16.3. The van der Waals surface area contributed by atoms with Gasteiger partial charge in [0.1, 0.15) is 5.82 Å². The monoisotopic (exact) mass is 314 g/mol. The molecule has 0 N–H and O–H groups in total. The van der Waals surface area contributed by atoms with Crippen molar-refractivity contribution in [1.82, 2.24) is 20.3 Å². The van der Waals surface area contributed by atoms with E-state index in [9.17, 15) is 4.39 Å². The highest BCUT2D eigenvalue weighted by Gasteiger charge is 2.45. The fourth-order valence-corrected chi connectivity index (χ4v) is 3.02. The number of aromatic nitrogens is 4. The molecule has 3 aromatic rings. The van der Waals surface area contributed by atoms with E-state index in [1.807, 2.05) is 6.07 Å². The van der Waals surface area contributed by atoms with Crippen LogP contribution < -0.4 is 0 Å². The second kappa shape index (κ2) is 5.26. The lowest BCUT2D eigenvalue weighted by Crippen LogP contribution is -2.36. The first-order valence-electron chi connectivity index (χ1n) is 7.54. The topological polar surface area (TPSA) is 77.8 Å². The third kappa shape index (κ3) is 2.42. The Balaban J connectivity index is 1.64. The van der Waals surface area contributed by atoms with Crippen molar-refractivity contribution in [3.63, 3.8) is 0 Å². The number of benzene rings is 1. The molecule has 1 saturated carbocycles. The summed E-state index contributed by atoms with van der Waals surface area (Å²) in [5.41, 5.74) is 0.509. The van der Waals surface area contributed by atoms with E-state index in [4.69, 9.17) is 9.05 Å². The molecule has 0 amide bonds. The van der Waals surface area contributed by atoms with Crippen LogP contribution in [0.3, 0.4) is 0 Å². The summed E-state index contributed by atoms with van der Waals surface area (Å²) < 4.78 is 24.0. The van der Waals surface area contributed by atoms with Crippen LogP contribution in [0.25, 0.3) is 0 Å². The molecule has 2 heterocycles. The Hall–Kier alpha value is -2.57. The SMILES string of the molecule is Cc1nc(Cc2noc(C3(c4cccc(F)c4)CCC3)n2)no1. The lowest BCUT2D eigenvalue weighted by atomic mass is 9.64. The number of hydrogen-bond donors (Lipinski definition) is 0. The van der Waals surface area contributed by atoms with Gasteiger partial charge in [-0.2, -0.15) is 9.97 Å². The minimum atomic E-state index is -0.374. The van der Waals surface area contributed by atoms with Gasteiger partial charge in [-0.1, -0.05) is 28.9 Å². The molecule has 1 aromatic carbocycles. The number of rotatable bonds is 4. The highest BCUT2D eigenvalue weighted by atomic mass is 19.1. The summed E-state index contributed by atoms with van der Waals surface area (Å²) in [5.74, 6) is 1.80. The van der Waals surface area contributed by atoms with Crippen molar-refractivity contribution in [1.29, 1.82) is 0 Å². The van der Waals surface area contributed by atoms with Gasteiger partial charge in [0.25, 0.3) is 0 Å². The number of halogens is 1. The van der Waals surface area contributed by atoms with Crippen LogP contribution in [0.1, 0.15) is 48.3 Å². The molecule has 1 aliphatic rings. The molecule has 0 radical (unpaired) electrons. The molecule has 0 spiro atoms. The predicted octanol–water partition coefficient (Wildman–Crippen LogP) is 2.96. The van der Waals surface area contributed by atoms with Gasteiger partial charge in [0, 0.05) is 6.92 Å². The third-order valence-corrected chi connectivity index (χ3v) is 4.35. The molecule has 7 heteroatoms. The van der Waals surface area contributed by atoms with Crippen LogP contribution in [0, 0.1) is 12.7 Å². The molecule has 0 bridgehead atoms. The van der Waals surface area contributed by atoms with Crippen LogP contribution >= 0.6 is 0 Å². The summed E-state index contributed by atoms with van der Waals surface area (Å²) in [6.45, 7) is 1.73. The van der Waals surface area contributed by atoms with E-state index in [2.05, 4.69) is 20.3 Å². The summed E-state index contributed by atoms with van der Waals surface area (Å²) in [6.07, 6.45) is 3.15. The standard InChI is InChI=1S/C16H15FN4O2/c1-10-18-13(20-22-10)9-14-19-15(23-21-14)16(6-3-7-16)11-4-2-5-12(17)8-11/h2,4-5,8H,3,6-7,9H2,1H3. The fraction of sp³-hybridized carbons (Fsp3) is 0.375. The second-order valence-electron chi connectivity index (χ2n) is 5.87. The van der Waals surface area contributed by atoms with Gasteiger partial charge in [-0.15, -0.1) is 0 Å². The molecular weight excluding hydrogens is 299 g/mol. The highest BCUT2D eigenvalue weighted by molar-refractivity contribution is 5.35. The average Bonchev–Trinajstić information content (AvgIpc) is 3.08. The third-order valence-electron chi connectivity index (χ3n) is 4.35. The minimum absolute atomic E-state index is 0.254. The summed E-state index contributed by atoms with van der Waals surface area (Å²) in [6, 6.07) is 6.61. The molecule has 1 aliphatic carbocycles. The van der Waals surface area contributed by atoms with E-state index in [-0.39, 0.29) is 11.2 Å². The van der Waals surface area contributed by atoms with Crippen molar-refractivity contribution in [2.45, 2.75) is 38.0 Å². The molecule has 0 atom stereocenters. The van der Waals surface area contributed by atoms with Gasteiger partial charge >= 0.3 is 0 Å². The second-order valence-corrected chi connectivity index (χ2v) is 5.87. The van der Waals surface area contributed by atoms with Gasteiger partial charge < -0.3 is 9.05 Å². The highest BCUT2D eigenvalue weighted by Crippen LogP contribution is 2.48. The first kappa shape index (κ1) is 14.0. The first-order chi connectivity index (χ1) is 11.2. The molecule has 0 saturated heterocycles. The average molecular weight is 314 g/mol. The minimum Gasteiger partial charge on any atom is -0.340 e. The lowest BCUT2D eigenvalue weighted by molar-refractivity contribution is 0.215. The van der Waals surface area contributed by atoms with E-state index >= 15 is 0 Å². The van der Waals surface area contributed by atoms with Gasteiger partial charge in [-0.25, -0.2) is 4.39 Å². The van der Waals surface area contributed by atoms with Crippen molar-refractivity contribution < 1.29 is 13.4 Å². The summed E-state index contributed by atoms with van der Waals surface area (Å²) >= 11 is 0. The largest absolute Gasteiger partial charge is 0.340 e. The number of hydrogen-bond acceptors (Lipinski definition) is 6. The van der Waals surface area contributed by atoms with Crippen molar-refractivity contribution in [2.75, 3.05) is 0 Å². The number of aryl methyl sites for hydroxylation is 1. The van der Waals surface area contributed by atoms with Crippen LogP contribution in [0.4, 0.5) is 4.39 Å². The van der Waals surface area contributed by atoms with Crippen LogP contribution in [0.5, 0.6) is 0 Å². The zero-order chi connectivity index (χ0) is 15.9. The first-order valence-corrected chi connectivity index (χ1v) is 7.54. The Morgan fingerprint density at radius 3 is 2.57 bits per heavy atom. The maximum Gasteiger partial charge on any atom is 0.237 e. The summed E-state index contributed by atoms with van der Waals surface area (Å²) in [5, 5.41) is 7.84. The van der Waals surface area contributed by atoms with Crippen LogP contribution in [-0.4, -0.2) is 20.3 Å². The van der Waals surface area contributed by atoms with Gasteiger partial charge in [-0.3, -0.25) is 0 Å². The Labute approximate surface area is 131 Å². The molecule has 4 rings (SSSR count). The molecule has 23 heavy (non-hydrogen) atoms. The zero-order valence-corrected chi connectivity index (χ0v) is 12.6. The quantitative estimate of drug-likeness (QED) is 0.736. The molecular formula is C16H15FN4O2. The lowest BCUT2D eigenvalue weighted by Gasteiger charge is -2.38. The van der Waals surface area contributed by atoms with Crippen molar-refractivity contribution in [2.24, 2.45) is 0 Å². The van der Waals surface area contributed by atoms with Gasteiger partial charge in [0.2, 0.25) is 11.8 Å². The summed E-state index contributed by atoms with van der Waals surface area (Å²) in [4.78, 5) is 8.63. The fourth-order valence-electron chi connectivity index (χ4n) is 3.02. The Morgan fingerprint density at radius 1 is 1.13 bits per heavy atom. The van der Waals surface area contributed by atoms with E-state index in [0.29, 0.717) is 29.9 Å². The molecule has 0 unspecified atom stereocenters. The molecule has 6 nitrogen and oxygen atoms in total. The Kier molecular flexibility index (Phi) is 3.21. The number of nitrogens with zero attached hydrogens (tertiary/aromatic N) is 4. The molecule has 1 fully saturated rings. The smallest absolute Gasteiger partial charge is 0.237 e. The maximum absolute atomic E-state index is 13.6. The maximum atomic E-state index is 13.6. The van der Waals surface area contributed by atoms with Gasteiger partial charge in [0.15, 0.2) is 11.6 Å². The van der Waals surface area contributed by atoms with E-state index in [1.165, 1.54) is 6.07 Å². The Morgan fingerprint density at radius 2 is 1.91 bits per heavy atom. The van der Waals surface area contributed by atoms with Gasteiger partial charge in [-0.05, 0) is 30.5 Å². The van der Waals surface area contributed by atoms with Crippen molar-refractivity contribution >= 4 is 0 Å². The van der Waals surface area contributed by atoms with Crippen molar-refractivity contribution in [3.05, 3.63) is 59.1 Å². The zero-order valence-electron chi connectivity index (χ0n) is 12.6. The van der Waals surface area contributed by atoms with Crippen LogP contribution in [-0.2, 0) is 11.8 Å². The van der Waals surface area contributed by atoms with E-state index in [0.717, 1.165) is 24.8 Å². The Bertz CT molecular complexity index is 838.